The number of carbonyl (C=O) groups excluding carboxylic acids is 1. The monoisotopic (exact) mass is 481 g/mol. The minimum Gasteiger partial charge on any atom is -0.353 e. The van der Waals surface area contributed by atoms with Gasteiger partial charge in [-0.15, -0.1) is 0 Å². The van der Waals surface area contributed by atoms with Gasteiger partial charge in [-0.2, -0.15) is 4.98 Å². The number of rotatable bonds is 5. The zero-order chi connectivity index (χ0) is 23.5. The molecular formula is C27H36ClN5O. The van der Waals surface area contributed by atoms with Gasteiger partial charge in [0.1, 0.15) is 5.82 Å². The van der Waals surface area contributed by atoms with E-state index in [2.05, 4.69) is 26.2 Å². The molecule has 3 aliphatic rings. The minimum absolute atomic E-state index is 0.283. The van der Waals surface area contributed by atoms with Crippen LogP contribution in [0, 0.1) is 6.92 Å². The maximum atomic E-state index is 13.8. The highest BCUT2D eigenvalue weighted by Crippen LogP contribution is 2.43. The number of benzene rings is 1. The number of aromatic nitrogens is 2. The molecule has 7 heteroatoms. The number of amides is 1. The Balaban J connectivity index is 1.26. The van der Waals surface area contributed by atoms with Gasteiger partial charge in [-0.05, 0) is 50.3 Å². The first-order valence-electron chi connectivity index (χ1n) is 13.0. The van der Waals surface area contributed by atoms with Gasteiger partial charge in [-0.25, -0.2) is 4.98 Å². The number of hydrogen-bond acceptors (Lipinski definition) is 5. The van der Waals surface area contributed by atoms with Crippen molar-refractivity contribution in [1.82, 2.24) is 14.9 Å². The van der Waals surface area contributed by atoms with E-state index in [1.807, 2.05) is 31.2 Å². The summed E-state index contributed by atoms with van der Waals surface area (Å²) in [7, 11) is 0. The van der Waals surface area contributed by atoms with Crippen molar-refractivity contribution in [3.63, 3.8) is 0 Å². The molecule has 2 saturated carbocycles. The van der Waals surface area contributed by atoms with E-state index in [-0.39, 0.29) is 5.91 Å². The molecule has 1 aromatic heterocycles. The second-order valence-electron chi connectivity index (χ2n) is 10.2. The van der Waals surface area contributed by atoms with Crippen LogP contribution in [0.5, 0.6) is 0 Å². The molecule has 0 bridgehead atoms. The smallest absolute Gasteiger partial charge is 0.233 e. The first kappa shape index (κ1) is 23.4. The summed E-state index contributed by atoms with van der Waals surface area (Å²) in [5.41, 5.74) is 1.70. The molecule has 2 heterocycles. The van der Waals surface area contributed by atoms with Crippen LogP contribution in [0.15, 0.2) is 30.3 Å². The molecule has 1 aromatic carbocycles. The zero-order valence-corrected chi connectivity index (χ0v) is 21.0. The molecule has 5 rings (SSSR count). The van der Waals surface area contributed by atoms with Crippen molar-refractivity contribution in [2.24, 2.45) is 0 Å². The molecule has 1 saturated heterocycles. The highest BCUT2D eigenvalue weighted by Gasteiger charge is 2.45. The Morgan fingerprint density at radius 3 is 2.32 bits per heavy atom. The molecule has 34 heavy (non-hydrogen) atoms. The zero-order valence-electron chi connectivity index (χ0n) is 20.2. The molecular weight excluding hydrogens is 446 g/mol. The van der Waals surface area contributed by atoms with Gasteiger partial charge in [0.05, 0.1) is 5.41 Å². The molecule has 182 valence electrons. The predicted octanol–water partition coefficient (Wildman–Crippen LogP) is 5.34. The number of piperazine rings is 1. The Morgan fingerprint density at radius 2 is 1.65 bits per heavy atom. The van der Waals surface area contributed by atoms with Gasteiger partial charge in [0.25, 0.3) is 0 Å². The van der Waals surface area contributed by atoms with E-state index in [9.17, 15) is 4.79 Å². The first-order valence-corrected chi connectivity index (χ1v) is 13.3. The van der Waals surface area contributed by atoms with Crippen LogP contribution in [0.1, 0.15) is 69.0 Å². The van der Waals surface area contributed by atoms with Gasteiger partial charge in [-0.1, -0.05) is 55.8 Å². The quantitative estimate of drug-likeness (QED) is 0.624. The van der Waals surface area contributed by atoms with Gasteiger partial charge in [0.2, 0.25) is 11.9 Å². The Kier molecular flexibility index (Phi) is 6.96. The van der Waals surface area contributed by atoms with Crippen LogP contribution in [0.3, 0.4) is 0 Å². The van der Waals surface area contributed by atoms with Crippen LogP contribution in [0.4, 0.5) is 11.8 Å². The lowest BCUT2D eigenvalue weighted by Gasteiger charge is -2.40. The highest BCUT2D eigenvalue weighted by molar-refractivity contribution is 6.30. The number of hydrogen-bond donors (Lipinski definition) is 1. The summed E-state index contributed by atoms with van der Waals surface area (Å²) in [6.07, 6.45) is 10.3. The first-order chi connectivity index (χ1) is 16.5. The molecule has 0 unspecified atom stereocenters. The summed E-state index contributed by atoms with van der Waals surface area (Å²) in [4.78, 5) is 27.7. The third-order valence-corrected chi connectivity index (χ3v) is 8.19. The highest BCUT2D eigenvalue weighted by atomic mass is 35.5. The number of aryl methyl sites for hydroxylation is 1. The maximum absolute atomic E-state index is 13.8. The molecule has 0 radical (unpaired) electrons. The van der Waals surface area contributed by atoms with E-state index in [0.717, 1.165) is 79.9 Å². The summed E-state index contributed by atoms with van der Waals surface area (Å²) >= 11 is 6.13. The molecule has 2 aliphatic carbocycles. The number of nitrogens with one attached hydrogen (secondary N) is 1. The van der Waals surface area contributed by atoms with Gasteiger partial charge in [-0.3, -0.25) is 4.79 Å². The van der Waals surface area contributed by atoms with Crippen LogP contribution in [0.25, 0.3) is 0 Å². The maximum Gasteiger partial charge on any atom is 0.233 e. The third-order valence-electron chi connectivity index (χ3n) is 7.93. The average Bonchev–Trinajstić information content (AvgIpc) is 3.36. The molecule has 1 aliphatic heterocycles. The Bertz CT molecular complexity index is 991. The van der Waals surface area contributed by atoms with Crippen molar-refractivity contribution >= 4 is 29.3 Å². The average molecular weight is 482 g/mol. The van der Waals surface area contributed by atoms with E-state index in [0.29, 0.717) is 6.04 Å². The number of anilines is 2. The fourth-order valence-electron chi connectivity index (χ4n) is 6.02. The van der Waals surface area contributed by atoms with E-state index < -0.39 is 5.41 Å². The van der Waals surface area contributed by atoms with Gasteiger partial charge in [0.15, 0.2) is 0 Å². The number of nitrogens with zero attached hydrogens (tertiary/aromatic N) is 4. The van der Waals surface area contributed by atoms with Crippen LogP contribution >= 0.6 is 11.6 Å². The molecule has 0 atom stereocenters. The summed E-state index contributed by atoms with van der Waals surface area (Å²) in [5.74, 6) is 1.99. The third kappa shape index (κ3) is 4.88. The van der Waals surface area contributed by atoms with Crippen molar-refractivity contribution in [3.8, 4) is 0 Å². The Labute approximate surface area is 208 Å². The molecule has 0 spiro atoms. The summed E-state index contributed by atoms with van der Waals surface area (Å²) in [6.45, 7) is 5.07. The van der Waals surface area contributed by atoms with E-state index in [1.165, 1.54) is 32.1 Å². The van der Waals surface area contributed by atoms with E-state index >= 15 is 0 Å². The summed E-state index contributed by atoms with van der Waals surface area (Å²) in [5, 5.41) is 4.29. The van der Waals surface area contributed by atoms with Crippen molar-refractivity contribution in [2.75, 3.05) is 36.4 Å². The second kappa shape index (κ2) is 10.1. The molecule has 2 aromatic rings. The fraction of sp³-hybridized carbons (Fsp3) is 0.593. The van der Waals surface area contributed by atoms with Crippen LogP contribution in [0.2, 0.25) is 5.02 Å². The topological polar surface area (TPSA) is 61.4 Å². The fourth-order valence-corrected chi connectivity index (χ4v) is 6.15. The minimum atomic E-state index is -0.394. The SMILES string of the molecule is Cc1cc(N2CCN(C(=O)C3(c4ccc(Cl)cc4)CCCC3)CC2)nc(NC2CCCCC2)n1. The molecule has 1 N–H and O–H groups in total. The number of halogens is 1. The van der Waals surface area contributed by atoms with E-state index in [4.69, 9.17) is 16.6 Å². The standard InChI is InChI=1S/C27H36ClN5O/c1-20-19-24(31-26(29-20)30-23-7-3-2-4-8-23)32-15-17-33(18-16-32)25(34)27(13-5-6-14-27)21-9-11-22(28)12-10-21/h9-12,19,23H,2-8,13-18H2,1H3,(H,29,30,31). The molecule has 1 amide bonds. The van der Waals surface area contributed by atoms with E-state index in [1.54, 1.807) is 0 Å². The summed E-state index contributed by atoms with van der Waals surface area (Å²) < 4.78 is 0. The van der Waals surface area contributed by atoms with Gasteiger partial charge in [0, 0.05) is 49.0 Å². The second-order valence-corrected chi connectivity index (χ2v) is 10.7. The van der Waals surface area contributed by atoms with Gasteiger partial charge < -0.3 is 15.1 Å². The normalized spacial score (nSPS) is 21.0. The van der Waals surface area contributed by atoms with Crippen molar-refractivity contribution < 1.29 is 4.79 Å². The van der Waals surface area contributed by atoms with Crippen LogP contribution < -0.4 is 10.2 Å². The lowest BCUT2D eigenvalue weighted by atomic mass is 9.77. The Morgan fingerprint density at radius 1 is 0.971 bits per heavy atom. The van der Waals surface area contributed by atoms with Crippen molar-refractivity contribution in [3.05, 3.63) is 46.6 Å². The lowest BCUT2D eigenvalue weighted by molar-refractivity contribution is -0.137. The predicted molar refractivity (Wildman–Crippen MR) is 138 cm³/mol. The summed E-state index contributed by atoms with van der Waals surface area (Å²) in [6, 6.07) is 10.5. The number of carbonyl (C=O) groups is 1. The van der Waals surface area contributed by atoms with Crippen molar-refractivity contribution in [2.45, 2.75) is 76.2 Å². The Hall–Kier alpha value is -2.34. The van der Waals surface area contributed by atoms with Gasteiger partial charge >= 0.3 is 0 Å². The van der Waals surface area contributed by atoms with Crippen LogP contribution in [-0.4, -0.2) is 53.0 Å². The van der Waals surface area contributed by atoms with Crippen molar-refractivity contribution in [1.29, 1.82) is 0 Å². The molecule has 3 fully saturated rings. The lowest BCUT2D eigenvalue weighted by Crippen LogP contribution is -2.54. The largest absolute Gasteiger partial charge is 0.353 e. The van der Waals surface area contributed by atoms with Crippen LogP contribution in [-0.2, 0) is 10.2 Å². The molecule has 6 nitrogen and oxygen atoms in total.